The largest absolute Gasteiger partial charge is 0.481 e. The summed E-state index contributed by atoms with van der Waals surface area (Å²) in [6.07, 6.45) is 7.25. The average Bonchev–Trinajstić information content (AvgIpc) is 2.64. The second kappa shape index (κ2) is 5.85. The summed E-state index contributed by atoms with van der Waals surface area (Å²) in [4.78, 5) is 29.2. The van der Waals surface area contributed by atoms with Crippen molar-refractivity contribution in [1.82, 2.24) is 10.4 Å². The summed E-state index contributed by atoms with van der Waals surface area (Å²) in [5.74, 6) is -1.56. The van der Waals surface area contributed by atoms with Crippen molar-refractivity contribution >= 4 is 11.8 Å². The Morgan fingerprint density at radius 2 is 2.22 bits per heavy atom. The molecule has 0 amide bonds. The van der Waals surface area contributed by atoms with Crippen molar-refractivity contribution in [2.75, 3.05) is 7.05 Å². The van der Waals surface area contributed by atoms with E-state index >= 15 is 0 Å². The Labute approximate surface area is 106 Å². The molecule has 0 aromatic heterocycles. The van der Waals surface area contributed by atoms with Gasteiger partial charge in [0.05, 0.1) is 18.0 Å². The van der Waals surface area contributed by atoms with Gasteiger partial charge >= 0.3 is 5.97 Å². The van der Waals surface area contributed by atoms with Crippen molar-refractivity contribution in [3.8, 4) is 12.5 Å². The van der Waals surface area contributed by atoms with Gasteiger partial charge in [0.15, 0.2) is 0 Å². The molecule has 6 nitrogen and oxygen atoms in total. The van der Waals surface area contributed by atoms with Crippen LogP contribution in [0.2, 0.25) is 0 Å². The first-order valence-corrected chi connectivity index (χ1v) is 5.72. The molecule has 4 unspecified atom stereocenters. The first-order valence-electron chi connectivity index (χ1n) is 5.72. The number of hydroxylamine groups is 1. The number of carbonyl (C=O) groups excluding carboxylic acids is 1. The van der Waals surface area contributed by atoms with Crippen LogP contribution in [0.15, 0.2) is 0 Å². The Morgan fingerprint density at radius 3 is 2.67 bits per heavy atom. The highest BCUT2D eigenvalue weighted by Gasteiger charge is 2.47. The zero-order valence-electron chi connectivity index (χ0n) is 10.7. The Balaban J connectivity index is 2.87. The fourth-order valence-corrected chi connectivity index (χ4v) is 2.64. The van der Waals surface area contributed by atoms with Crippen LogP contribution in [0.5, 0.6) is 0 Å². The number of carbonyl (C=O) groups is 2. The molecule has 6 heteroatoms. The number of aliphatic carboxylic acids is 1. The number of nitrogens with one attached hydrogen (secondary N) is 1. The number of rotatable bonds is 5. The van der Waals surface area contributed by atoms with E-state index in [1.807, 2.05) is 6.11 Å². The molecule has 0 aromatic carbocycles. The second-order valence-corrected chi connectivity index (χ2v) is 4.59. The van der Waals surface area contributed by atoms with E-state index in [0.29, 0.717) is 6.42 Å². The van der Waals surface area contributed by atoms with Crippen LogP contribution in [-0.4, -0.2) is 46.9 Å². The molecule has 1 rings (SSSR count). The average molecular weight is 254 g/mol. The van der Waals surface area contributed by atoms with Gasteiger partial charge in [0.2, 0.25) is 0 Å². The third-order valence-electron chi connectivity index (χ3n) is 3.45. The number of carboxylic acids is 1. The number of hydrogen-bond acceptors (Lipinski definition) is 5. The van der Waals surface area contributed by atoms with Gasteiger partial charge < -0.3 is 9.94 Å². The Bertz CT molecular complexity index is 377. The van der Waals surface area contributed by atoms with Crippen molar-refractivity contribution in [3.63, 3.8) is 0 Å². The molecule has 100 valence electrons. The van der Waals surface area contributed by atoms with Gasteiger partial charge in [-0.1, -0.05) is 6.42 Å². The molecular weight excluding hydrogens is 236 g/mol. The lowest BCUT2D eigenvalue weighted by Gasteiger charge is -2.30. The topological polar surface area (TPSA) is 78.9 Å². The fourth-order valence-electron chi connectivity index (χ4n) is 2.64. The molecule has 4 atom stereocenters. The van der Waals surface area contributed by atoms with Gasteiger partial charge in [-0.3, -0.25) is 14.5 Å². The standard InChI is InChI=1S/C12H18N2O4/c1-5-18-13-7(2)11-9(12(16)17)6-10(8(3)15)14(11)4/h1,7,9-11,13H,6H2,2-4H3,(H,16,17). The van der Waals surface area contributed by atoms with Gasteiger partial charge in [0, 0.05) is 6.04 Å². The Hall–Kier alpha value is -1.58. The molecular formula is C12H18N2O4. The molecule has 1 aliphatic rings. The van der Waals surface area contributed by atoms with Crippen molar-refractivity contribution < 1.29 is 19.5 Å². The van der Waals surface area contributed by atoms with E-state index in [1.165, 1.54) is 6.92 Å². The van der Waals surface area contributed by atoms with Crippen LogP contribution >= 0.6 is 0 Å². The van der Waals surface area contributed by atoms with Gasteiger partial charge in [-0.2, -0.15) is 0 Å². The van der Waals surface area contributed by atoms with Crippen LogP contribution in [0.4, 0.5) is 0 Å². The van der Waals surface area contributed by atoms with Gasteiger partial charge in [-0.25, -0.2) is 0 Å². The fraction of sp³-hybridized carbons (Fsp3) is 0.667. The molecule has 1 aliphatic heterocycles. The highest BCUT2D eigenvalue weighted by molar-refractivity contribution is 5.83. The lowest BCUT2D eigenvalue weighted by molar-refractivity contribution is -0.143. The van der Waals surface area contributed by atoms with E-state index in [-0.39, 0.29) is 23.9 Å². The summed E-state index contributed by atoms with van der Waals surface area (Å²) in [7, 11) is 1.74. The van der Waals surface area contributed by atoms with Crippen LogP contribution < -0.4 is 5.48 Å². The number of ketones is 1. The maximum absolute atomic E-state index is 11.5. The molecule has 18 heavy (non-hydrogen) atoms. The lowest BCUT2D eigenvalue weighted by Crippen LogP contribution is -2.50. The molecule has 1 saturated heterocycles. The minimum Gasteiger partial charge on any atom is -0.481 e. The summed E-state index contributed by atoms with van der Waals surface area (Å²) >= 11 is 0. The highest BCUT2D eigenvalue weighted by Crippen LogP contribution is 2.31. The van der Waals surface area contributed by atoms with E-state index in [9.17, 15) is 14.7 Å². The van der Waals surface area contributed by atoms with Crippen molar-refractivity contribution in [2.24, 2.45) is 5.92 Å². The van der Waals surface area contributed by atoms with E-state index in [0.717, 1.165) is 0 Å². The van der Waals surface area contributed by atoms with Crippen molar-refractivity contribution in [2.45, 2.75) is 38.4 Å². The molecule has 1 fully saturated rings. The molecule has 0 radical (unpaired) electrons. The number of Topliss-reactive ketones (excluding diaryl/α,β-unsaturated/α-hetero) is 1. The normalized spacial score (nSPS) is 29.6. The monoisotopic (exact) mass is 254 g/mol. The van der Waals surface area contributed by atoms with Crippen molar-refractivity contribution in [1.29, 1.82) is 0 Å². The Morgan fingerprint density at radius 1 is 1.61 bits per heavy atom. The molecule has 0 spiro atoms. The maximum atomic E-state index is 11.5. The predicted molar refractivity (Wildman–Crippen MR) is 64.3 cm³/mol. The van der Waals surface area contributed by atoms with Crippen LogP contribution in [0, 0.1) is 18.4 Å². The number of nitrogens with zero attached hydrogens (tertiary/aromatic N) is 1. The zero-order chi connectivity index (χ0) is 13.9. The third kappa shape index (κ3) is 2.81. The number of carboxylic acid groups (broad SMARTS) is 1. The predicted octanol–water partition coefficient (Wildman–Crippen LogP) is -0.151. The summed E-state index contributed by atoms with van der Waals surface area (Å²) in [5.41, 5.74) is 2.60. The molecule has 0 aliphatic carbocycles. The van der Waals surface area contributed by atoms with Crippen molar-refractivity contribution in [3.05, 3.63) is 0 Å². The molecule has 2 N–H and O–H groups in total. The van der Waals surface area contributed by atoms with Gasteiger partial charge in [-0.05, 0) is 27.3 Å². The molecule has 0 saturated carbocycles. The smallest absolute Gasteiger partial charge is 0.308 e. The van der Waals surface area contributed by atoms with E-state index in [2.05, 4.69) is 10.3 Å². The van der Waals surface area contributed by atoms with E-state index < -0.39 is 11.9 Å². The number of terminal acetylenes is 1. The van der Waals surface area contributed by atoms with E-state index in [4.69, 9.17) is 6.42 Å². The second-order valence-electron chi connectivity index (χ2n) is 4.59. The van der Waals surface area contributed by atoms with Gasteiger partial charge in [0.25, 0.3) is 0 Å². The summed E-state index contributed by atoms with van der Waals surface area (Å²) < 4.78 is 0. The van der Waals surface area contributed by atoms with Crippen LogP contribution in [0.1, 0.15) is 20.3 Å². The van der Waals surface area contributed by atoms with Crippen LogP contribution in [0.3, 0.4) is 0 Å². The minimum atomic E-state index is -0.912. The highest BCUT2D eigenvalue weighted by atomic mass is 16.6. The minimum absolute atomic E-state index is 0.0312. The summed E-state index contributed by atoms with van der Waals surface area (Å²) in [5, 5.41) is 9.23. The Kier molecular flexibility index (Phi) is 4.70. The third-order valence-corrected chi connectivity index (χ3v) is 3.45. The maximum Gasteiger partial charge on any atom is 0.308 e. The zero-order valence-corrected chi connectivity index (χ0v) is 10.7. The van der Waals surface area contributed by atoms with Crippen LogP contribution in [0.25, 0.3) is 0 Å². The number of likely N-dealkylation sites (N-methyl/N-ethyl adjacent to an activating group) is 1. The number of likely N-dealkylation sites (tertiary alicyclic amines) is 1. The number of hydrogen-bond donors (Lipinski definition) is 2. The lowest BCUT2D eigenvalue weighted by atomic mass is 9.94. The SMILES string of the molecule is C#CONC(C)C1C(C(=O)O)CC(C(C)=O)N1C. The first-order chi connectivity index (χ1) is 8.40. The van der Waals surface area contributed by atoms with Gasteiger partial charge in [0.1, 0.15) is 11.9 Å². The van der Waals surface area contributed by atoms with Crippen LogP contribution in [-0.2, 0) is 14.4 Å². The molecule has 1 heterocycles. The summed E-state index contributed by atoms with van der Waals surface area (Å²) in [6.45, 7) is 3.25. The van der Waals surface area contributed by atoms with Gasteiger partial charge in [-0.15, -0.1) is 5.48 Å². The summed E-state index contributed by atoms with van der Waals surface area (Å²) in [6, 6.07) is -1.01. The molecule has 0 aromatic rings. The molecule has 0 bridgehead atoms. The quantitative estimate of drug-likeness (QED) is 0.525. The first kappa shape index (κ1) is 14.5. The van der Waals surface area contributed by atoms with E-state index in [1.54, 1.807) is 18.9 Å².